The molecule has 98 valence electrons. The van der Waals surface area contributed by atoms with Crippen LogP contribution in [0.2, 0.25) is 5.02 Å². The topological polar surface area (TPSA) is 55.9 Å². The van der Waals surface area contributed by atoms with Gasteiger partial charge in [-0.1, -0.05) is 32.4 Å². The highest BCUT2D eigenvalue weighted by Gasteiger charge is 2.25. The van der Waals surface area contributed by atoms with Gasteiger partial charge in [0.1, 0.15) is 0 Å². The fourth-order valence-corrected chi connectivity index (χ4v) is 2.20. The number of rotatable bonds is 4. The maximum atomic E-state index is 6.21. The second kappa shape index (κ2) is 5.38. The fourth-order valence-electron chi connectivity index (χ4n) is 1.94. The molecule has 0 saturated heterocycles. The third-order valence-electron chi connectivity index (χ3n) is 2.62. The largest absolute Gasteiger partial charge is 0.271 e. The number of nitrogens with one attached hydrogen (secondary N) is 1. The average Bonchev–Trinajstić information content (AvgIpc) is 2.55. The van der Waals surface area contributed by atoms with Crippen molar-refractivity contribution >= 4 is 11.6 Å². The summed E-state index contributed by atoms with van der Waals surface area (Å²) in [6.45, 7) is 10.7. The maximum absolute atomic E-state index is 6.21. The second-order valence-electron chi connectivity index (χ2n) is 5.90. The van der Waals surface area contributed by atoms with Gasteiger partial charge in [-0.25, -0.2) is 0 Å². The van der Waals surface area contributed by atoms with Crippen LogP contribution in [0.3, 0.4) is 0 Å². The van der Waals surface area contributed by atoms with Gasteiger partial charge in [-0.15, -0.1) is 0 Å². The van der Waals surface area contributed by atoms with E-state index in [2.05, 4.69) is 45.1 Å². The molecule has 1 atom stereocenters. The Labute approximate surface area is 108 Å². The van der Waals surface area contributed by atoms with Gasteiger partial charge in [0.15, 0.2) is 0 Å². The van der Waals surface area contributed by atoms with E-state index in [1.165, 1.54) is 0 Å². The Morgan fingerprint density at radius 2 is 2.06 bits per heavy atom. The van der Waals surface area contributed by atoms with Crippen LogP contribution >= 0.6 is 11.6 Å². The molecular formula is C12H23ClN4. The molecule has 17 heavy (non-hydrogen) atoms. The molecule has 0 aromatic carbocycles. The summed E-state index contributed by atoms with van der Waals surface area (Å²) in [5.41, 5.74) is 4.00. The van der Waals surface area contributed by atoms with Gasteiger partial charge < -0.3 is 0 Å². The molecule has 1 aromatic heterocycles. The Balaban J connectivity index is 3.07. The van der Waals surface area contributed by atoms with Gasteiger partial charge >= 0.3 is 0 Å². The van der Waals surface area contributed by atoms with Crippen LogP contribution < -0.4 is 11.3 Å². The van der Waals surface area contributed by atoms with E-state index >= 15 is 0 Å². The minimum Gasteiger partial charge on any atom is -0.271 e. The number of hydrogen-bond acceptors (Lipinski definition) is 3. The summed E-state index contributed by atoms with van der Waals surface area (Å²) < 4.78 is 1.93. The molecule has 0 aliphatic heterocycles. The summed E-state index contributed by atoms with van der Waals surface area (Å²) in [5, 5.41) is 4.98. The third-order valence-corrected chi connectivity index (χ3v) is 2.92. The van der Waals surface area contributed by atoms with E-state index in [9.17, 15) is 0 Å². The lowest BCUT2D eigenvalue weighted by Gasteiger charge is -2.27. The molecule has 1 rings (SSSR count). The van der Waals surface area contributed by atoms with Gasteiger partial charge in [-0.3, -0.25) is 16.0 Å². The first-order valence-electron chi connectivity index (χ1n) is 5.95. The SMILES string of the molecule is CC(C)n1ncc(Cl)c1C(CC(C)(C)C)NN. The molecule has 0 radical (unpaired) electrons. The Bertz CT molecular complexity index is 365. The minimum atomic E-state index is 0.0207. The molecule has 0 fully saturated rings. The van der Waals surface area contributed by atoms with Gasteiger partial charge in [0.2, 0.25) is 0 Å². The first-order chi connectivity index (χ1) is 7.76. The summed E-state index contributed by atoms with van der Waals surface area (Å²) >= 11 is 6.21. The van der Waals surface area contributed by atoms with E-state index in [1.54, 1.807) is 6.20 Å². The van der Waals surface area contributed by atoms with Crippen molar-refractivity contribution in [3.63, 3.8) is 0 Å². The Kier molecular flexibility index (Phi) is 4.58. The highest BCUT2D eigenvalue weighted by molar-refractivity contribution is 6.31. The van der Waals surface area contributed by atoms with Crippen molar-refractivity contribution < 1.29 is 0 Å². The first-order valence-corrected chi connectivity index (χ1v) is 6.33. The quantitative estimate of drug-likeness (QED) is 0.645. The number of aromatic nitrogens is 2. The van der Waals surface area contributed by atoms with Crippen molar-refractivity contribution in [3.8, 4) is 0 Å². The van der Waals surface area contributed by atoms with Crippen LogP contribution in [0.25, 0.3) is 0 Å². The molecule has 1 unspecified atom stereocenters. The molecule has 0 amide bonds. The zero-order valence-electron chi connectivity index (χ0n) is 11.3. The molecule has 1 aromatic rings. The number of hydrogen-bond donors (Lipinski definition) is 2. The van der Waals surface area contributed by atoms with Crippen molar-refractivity contribution in [2.45, 2.75) is 53.1 Å². The molecule has 5 heteroatoms. The van der Waals surface area contributed by atoms with E-state index in [0.717, 1.165) is 12.1 Å². The standard InChI is InChI=1S/C12H23ClN4/c1-8(2)17-11(9(13)7-15-17)10(16-14)6-12(3,4)5/h7-8,10,16H,6,14H2,1-5H3. The molecule has 0 bridgehead atoms. The summed E-state index contributed by atoms with van der Waals surface area (Å²) in [5.74, 6) is 5.66. The van der Waals surface area contributed by atoms with E-state index in [4.69, 9.17) is 17.4 Å². The monoisotopic (exact) mass is 258 g/mol. The number of nitrogens with zero attached hydrogens (tertiary/aromatic N) is 2. The summed E-state index contributed by atoms with van der Waals surface area (Å²) in [6.07, 6.45) is 2.59. The minimum absolute atomic E-state index is 0.0207. The summed E-state index contributed by atoms with van der Waals surface area (Å²) in [7, 11) is 0. The highest BCUT2D eigenvalue weighted by Crippen LogP contribution is 2.33. The van der Waals surface area contributed by atoms with Crippen LogP contribution in [0.1, 0.15) is 58.8 Å². The lowest BCUT2D eigenvalue weighted by atomic mass is 9.87. The van der Waals surface area contributed by atoms with Crippen LogP contribution in [-0.2, 0) is 0 Å². The second-order valence-corrected chi connectivity index (χ2v) is 6.31. The predicted octanol–water partition coefficient (Wildman–Crippen LogP) is 3.06. The predicted molar refractivity (Wildman–Crippen MR) is 71.8 cm³/mol. The summed E-state index contributed by atoms with van der Waals surface area (Å²) in [6, 6.07) is 0.292. The Hall–Kier alpha value is -0.580. The zero-order chi connectivity index (χ0) is 13.2. The van der Waals surface area contributed by atoms with Crippen molar-refractivity contribution in [1.29, 1.82) is 0 Å². The van der Waals surface area contributed by atoms with Gasteiger partial charge in [0.05, 0.1) is 23.0 Å². The van der Waals surface area contributed by atoms with Gasteiger partial charge in [0.25, 0.3) is 0 Å². The Morgan fingerprint density at radius 3 is 2.47 bits per heavy atom. The average molecular weight is 259 g/mol. The van der Waals surface area contributed by atoms with Crippen LogP contribution in [0, 0.1) is 5.41 Å². The van der Waals surface area contributed by atoms with Crippen molar-refractivity contribution in [2.75, 3.05) is 0 Å². The number of hydrazine groups is 1. The molecule has 0 aliphatic carbocycles. The molecule has 1 heterocycles. The zero-order valence-corrected chi connectivity index (χ0v) is 12.0. The highest BCUT2D eigenvalue weighted by atomic mass is 35.5. The Morgan fingerprint density at radius 1 is 1.47 bits per heavy atom. The maximum Gasteiger partial charge on any atom is 0.0834 e. The lowest BCUT2D eigenvalue weighted by Crippen LogP contribution is -2.33. The van der Waals surface area contributed by atoms with Gasteiger partial charge in [-0.2, -0.15) is 5.10 Å². The van der Waals surface area contributed by atoms with E-state index in [0.29, 0.717) is 5.02 Å². The van der Waals surface area contributed by atoms with Crippen LogP contribution in [0.15, 0.2) is 6.20 Å². The smallest absolute Gasteiger partial charge is 0.0834 e. The normalized spacial score (nSPS) is 14.4. The van der Waals surface area contributed by atoms with Crippen LogP contribution in [-0.4, -0.2) is 9.78 Å². The molecule has 0 spiro atoms. The van der Waals surface area contributed by atoms with Crippen molar-refractivity contribution in [1.82, 2.24) is 15.2 Å². The number of nitrogens with two attached hydrogens (primary N) is 1. The van der Waals surface area contributed by atoms with E-state index < -0.39 is 0 Å². The van der Waals surface area contributed by atoms with Crippen LogP contribution in [0.4, 0.5) is 0 Å². The van der Waals surface area contributed by atoms with E-state index in [-0.39, 0.29) is 17.5 Å². The van der Waals surface area contributed by atoms with Gasteiger partial charge in [-0.05, 0) is 25.7 Å². The van der Waals surface area contributed by atoms with Crippen LogP contribution in [0.5, 0.6) is 0 Å². The first kappa shape index (κ1) is 14.5. The molecule has 4 nitrogen and oxygen atoms in total. The number of halogens is 1. The lowest BCUT2D eigenvalue weighted by molar-refractivity contribution is 0.299. The molecular weight excluding hydrogens is 236 g/mol. The molecule has 0 aliphatic rings. The third kappa shape index (κ3) is 3.69. The van der Waals surface area contributed by atoms with E-state index in [1.807, 2.05) is 4.68 Å². The van der Waals surface area contributed by atoms with Crippen molar-refractivity contribution in [2.24, 2.45) is 11.3 Å². The fraction of sp³-hybridized carbons (Fsp3) is 0.750. The molecule has 3 N–H and O–H groups in total. The van der Waals surface area contributed by atoms with Crippen molar-refractivity contribution in [3.05, 3.63) is 16.9 Å². The van der Waals surface area contributed by atoms with Gasteiger partial charge in [0, 0.05) is 6.04 Å². The summed E-state index contributed by atoms with van der Waals surface area (Å²) in [4.78, 5) is 0. The molecule has 0 saturated carbocycles.